The van der Waals surface area contributed by atoms with Crippen LogP contribution in [0, 0.1) is 6.42 Å². The van der Waals surface area contributed by atoms with Crippen LogP contribution in [0.1, 0.15) is 18.1 Å². The van der Waals surface area contributed by atoms with Crippen LogP contribution in [0.2, 0.25) is 0 Å². The molecule has 0 unspecified atom stereocenters. The Morgan fingerprint density at radius 1 is 0.783 bits per heavy atom. The van der Waals surface area contributed by atoms with E-state index in [0.29, 0.717) is 0 Å². The third kappa shape index (κ3) is 3.63. The summed E-state index contributed by atoms with van der Waals surface area (Å²) in [5.41, 5.74) is 6.65. The minimum atomic E-state index is -0.826. The van der Waals surface area contributed by atoms with Crippen LogP contribution in [0.3, 0.4) is 0 Å². The summed E-state index contributed by atoms with van der Waals surface area (Å²) in [6.45, 7) is 2.16. The van der Waals surface area contributed by atoms with Crippen molar-refractivity contribution < 1.29 is 20.8 Å². The average Bonchev–Trinajstić information content (AvgIpc) is 2.95. The predicted molar refractivity (Wildman–Crippen MR) is 98.1 cm³/mol. The fourth-order valence-corrected chi connectivity index (χ4v) is 3.08. The minimum absolute atomic E-state index is 0.826. The Labute approximate surface area is 155 Å². The van der Waals surface area contributed by atoms with E-state index in [1.165, 1.54) is 38.6 Å². The molecule has 0 aliphatic heterocycles. The molecular formula is C20H15Cl2Zr. The maximum absolute atomic E-state index is 4.93. The Morgan fingerprint density at radius 2 is 1.43 bits per heavy atom. The first-order valence-electron chi connectivity index (χ1n) is 7.35. The summed E-state index contributed by atoms with van der Waals surface area (Å²) < 4.78 is 0. The molecule has 3 aromatic rings. The van der Waals surface area contributed by atoms with Crippen LogP contribution in [0.15, 0.2) is 66.2 Å². The van der Waals surface area contributed by atoms with Gasteiger partial charge in [-0.05, 0) is 39.9 Å². The summed E-state index contributed by atoms with van der Waals surface area (Å²) >= 11 is -0.826. The summed E-state index contributed by atoms with van der Waals surface area (Å²) in [6.07, 6.45) is 4.54. The third-order valence-corrected chi connectivity index (χ3v) is 3.97. The molecule has 0 fully saturated rings. The molecule has 23 heavy (non-hydrogen) atoms. The molecule has 3 aromatic carbocycles. The first kappa shape index (κ1) is 17.0. The molecule has 3 heteroatoms. The molecule has 0 saturated heterocycles. The van der Waals surface area contributed by atoms with Gasteiger partial charge in [0.05, 0.1) is 0 Å². The number of rotatable bonds is 1. The van der Waals surface area contributed by atoms with Crippen molar-refractivity contribution in [2.45, 2.75) is 6.92 Å². The Bertz CT molecular complexity index is 863. The number of hydrogen-bond donors (Lipinski definition) is 0. The van der Waals surface area contributed by atoms with E-state index in [9.17, 15) is 0 Å². The molecule has 0 atom stereocenters. The zero-order chi connectivity index (χ0) is 16.2. The van der Waals surface area contributed by atoms with E-state index in [1.54, 1.807) is 0 Å². The Morgan fingerprint density at radius 3 is 2.26 bits per heavy atom. The molecule has 1 aliphatic carbocycles. The van der Waals surface area contributed by atoms with Gasteiger partial charge in [0.25, 0.3) is 0 Å². The van der Waals surface area contributed by atoms with Gasteiger partial charge in [-0.1, -0.05) is 72.3 Å². The van der Waals surface area contributed by atoms with Crippen LogP contribution in [0.25, 0.3) is 28.0 Å². The van der Waals surface area contributed by atoms with E-state index >= 15 is 0 Å². The Hall–Kier alpha value is -0.877. The van der Waals surface area contributed by atoms with Gasteiger partial charge >= 0.3 is 37.9 Å². The zero-order valence-corrected chi connectivity index (χ0v) is 16.7. The van der Waals surface area contributed by atoms with Crippen molar-refractivity contribution >= 4 is 33.9 Å². The second kappa shape index (κ2) is 7.80. The molecular weight excluding hydrogens is 402 g/mol. The van der Waals surface area contributed by atoms with Crippen LogP contribution in [0.4, 0.5) is 0 Å². The van der Waals surface area contributed by atoms with Crippen molar-refractivity contribution in [2.24, 2.45) is 0 Å². The van der Waals surface area contributed by atoms with Crippen LogP contribution >= 0.6 is 17.0 Å². The van der Waals surface area contributed by atoms with Crippen molar-refractivity contribution in [3.63, 3.8) is 0 Å². The summed E-state index contributed by atoms with van der Waals surface area (Å²) in [5, 5.41) is 2.62. The van der Waals surface area contributed by atoms with Crippen LogP contribution in [-0.2, 0) is 20.8 Å². The number of benzene rings is 3. The van der Waals surface area contributed by atoms with Gasteiger partial charge in [-0.25, -0.2) is 0 Å². The molecule has 0 heterocycles. The monoisotopic (exact) mass is 415 g/mol. The summed E-state index contributed by atoms with van der Waals surface area (Å²) in [6, 6.07) is 21.7. The van der Waals surface area contributed by atoms with Gasteiger partial charge < -0.3 is 0 Å². The second-order valence-electron chi connectivity index (χ2n) is 5.44. The first-order valence-corrected chi connectivity index (χ1v) is 13.7. The van der Waals surface area contributed by atoms with Crippen molar-refractivity contribution in [1.82, 2.24) is 0 Å². The topological polar surface area (TPSA) is 0 Å². The second-order valence-corrected chi connectivity index (χ2v) is 9.17. The SMILES string of the molecule is CC1=Cc2c(cccc2-c2cccc3ccccc23)[CH]1.[Cl][Zr][Cl]. The van der Waals surface area contributed by atoms with Crippen molar-refractivity contribution in [3.05, 3.63) is 83.8 Å². The fourth-order valence-electron chi connectivity index (χ4n) is 3.08. The average molecular weight is 417 g/mol. The van der Waals surface area contributed by atoms with E-state index in [0.717, 1.165) is 0 Å². The van der Waals surface area contributed by atoms with E-state index in [-0.39, 0.29) is 0 Å². The molecule has 0 N–H and O–H groups in total. The van der Waals surface area contributed by atoms with Gasteiger partial charge in [0, 0.05) is 6.42 Å². The number of halogens is 2. The summed E-state index contributed by atoms with van der Waals surface area (Å²) in [4.78, 5) is 0. The number of hydrogen-bond acceptors (Lipinski definition) is 0. The van der Waals surface area contributed by atoms with Crippen LogP contribution in [0.5, 0.6) is 0 Å². The maximum atomic E-state index is 4.93. The van der Waals surface area contributed by atoms with Gasteiger partial charge in [-0.3, -0.25) is 0 Å². The predicted octanol–water partition coefficient (Wildman–Crippen LogP) is 6.85. The third-order valence-electron chi connectivity index (χ3n) is 3.97. The Balaban J connectivity index is 0.000000485. The molecule has 0 bridgehead atoms. The molecule has 0 spiro atoms. The van der Waals surface area contributed by atoms with Crippen molar-refractivity contribution in [1.29, 1.82) is 0 Å². The summed E-state index contributed by atoms with van der Waals surface area (Å²) in [5.74, 6) is 0. The van der Waals surface area contributed by atoms with Gasteiger partial charge in [0.2, 0.25) is 0 Å². The number of allylic oxidation sites excluding steroid dienone is 1. The molecule has 1 radical (unpaired) electrons. The quantitative estimate of drug-likeness (QED) is 0.406. The molecule has 4 rings (SSSR count). The zero-order valence-electron chi connectivity index (χ0n) is 12.7. The van der Waals surface area contributed by atoms with Gasteiger partial charge in [0.15, 0.2) is 0 Å². The molecule has 113 valence electrons. The Kier molecular flexibility index (Phi) is 5.75. The normalized spacial score (nSPS) is 12.2. The number of fused-ring (bicyclic) bond motifs is 2. The standard InChI is InChI=1S/C20H15.2ClH.Zr/c1-14-12-16-8-5-11-19(20(16)13-14)18-10-4-7-15-6-2-3-9-17(15)18;;;/h2-13H,1H3;2*1H;/q;;;+2/p-2. The fraction of sp³-hybridized carbons (Fsp3) is 0.0500. The molecule has 1 aliphatic rings. The van der Waals surface area contributed by atoms with Crippen LogP contribution < -0.4 is 0 Å². The van der Waals surface area contributed by atoms with Crippen LogP contribution in [-0.4, -0.2) is 0 Å². The first-order chi connectivity index (χ1) is 11.2. The summed E-state index contributed by atoms with van der Waals surface area (Å²) in [7, 11) is 9.87. The van der Waals surface area contributed by atoms with Gasteiger partial charge in [-0.15, -0.1) is 0 Å². The molecule has 0 amide bonds. The van der Waals surface area contributed by atoms with E-state index in [4.69, 9.17) is 17.0 Å². The van der Waals surface area contributed by atoms with E-state index < -0.39 is 20.8 Å². The van der Waals surface area contributed by atoms with E-state index in [2.05, 4.69) is 80.1 Å². The van der Waals surface area contributed by atoms with Crippen molar-refractivity contribution in [3.8, 4) is 11.1 Å². The van der Waals surface area contributed by atoms with Gasteiger partial charge in [0.1, 0.15) is 0 Å². The molecule has 0 nitrogen and oxygen atoms in total. The molecule has 0 aromatic heterocycles. The van der Waals surface area contributed by atoms with Crippen molar-refractivity contribution in [2.75, 3.05) is 0 Å². The molecule has 0 saturated carbocycles. The van der Waals surface area contributed by atoms with E-state index in [1.807, 2.05) is 0 Å². The van der Waals surface area contributed by atoms with Gasteiger partial charge in [-0.2, -0.15) is 0 Å².